The van der Waals surface area contributed by atoms with Crippen molar-refractivity contribution in [1.82, 2.24) is 10.2 Å². The topological polar surface area (TPSA) is 73.2 Å². The van der Waals surface area contributed by atoms with E-state index in [2.05, 4.69) is 11.4 Å². The van der Waals surface area contributed by atoms with Gasteiger partial charge < -0.3 is 10.2 Å². The predicted molar refractivity (Wildman–Crippen MR) is 62.8 cm³/mol. The van der Waals surface area contributed by atoms with E-state index in [-0.39, 0.29) is 18.2 Å². The summed E-state index contributed by atoms with van der Waals surface area (Å²) in [6, 6.07) is 2.13. The van der Waals surface area contributed by atoms with Gasteiger partial charge in [-0.3, -0.25) is 9.59 Å². The Morgan fingerprint density at radius 1 is 1.35 bits per heavy atom. The Labute approximate surface area is 102 Å². The van der Waals surface area contributed by atoms with Gasteiger partial charge in [0.1, 0.15) is 5.41 Å². The summed E-state index contributed by atoms with van der Waals surface area (Å²) in [5.41, 5.74) is -0.846. The van der Waals surface area contributed by atoms with Crippen LogP contribution in [0.15, 0.2) is 0 Å². The first-order valence-corrected chi connectivity index (χ1v) is 5.91. The number of rotatable bonds is 4. The van der Waals surface area contributed by atoms with Crippen molar-refractivity contribution in [3.8, 4) is 6.07 Å². The molecular formula is C12H19N3O2. The van der Waals surface area contributed by atoms with Crippen LogP contribution < -0.4 is 5.32 Å². The maximum absolute atomic E-state index is 11.9. The second-order valence-electron chi connectivity index (χ2n) is 4.70. The molecule has 0 aliphatic heterocycles. The summed E-state index contributed by atoms with van der Waals surface area (Å²) in [4.78, 5) is 24.7. The molecule has 0 spiro atoms. The molecule has 17 heavy (non-hydrogen) atoms. The highest BCUT2D eigenvalue weighted by Gasteiger charge is 2.41. The van der Waals surface area contributed by atoms with Crippen molar-refractivity contribution in [2.24, 2.45) is 5.41 Å². The highest BCUT2D eigenvalue weighted by Crippen LogP contribution is 2.37. The fourth-order valence-electron chi connectivity index (χ4n) is 2.04. The van der Waals surface area contributed by atoms with Gasteiger partial charge in [0, 0.05) is 27.1 Å². The van der Waals surface area contributed by atoms with Crippen molar-refractivity contribution in [3.05, 3.63) is 0 Å². The van der Waals surface area contributed by atoms with Crippen LogP contribution in [0, 0.1) is 16.7 Å². The third-order valence-electron chi connectivity index (χ3n) is 3.23. The lowest BCUT2D eigenvalue weighted by atomic mass is 9.87. The molecule has 0 bridgehead atoms. The van der Waals surface area contributed by atoms with E-state index in [0.717, 1.165) is 12.8 Å². The standard InChI is InChI=1S/C12H19N3O2/c1-15(2)10(16)5-8-14-11(17)12(9-13)6-3-4-7-12/h3-8H2,1-2H3,(H,14,17). The minimum absolute atomic E-state index is 0.0253. The zero-order valence-corrected chi connectivity index (χ0v) is 10.5. The molecule has 1 N–H and O–H groups in total. The minimum Gasteiger partial charge on any atom is -0.354 e. The van der Waals surface area contributed by atoms with Crippen molar-refractivity contribution < 1.29 is 9.59 Å². The Bertz CT molecular complexity index is 338. The van der Waals surface area contributed by atoms with Gasteiger partial charge in [0.2, 0.25) is 11.8 Å². The van der Waals surface area contributed by atoms with Crippen molar-refractivity contribution in [2.45, 2.75) is 32.1 Å². The zero-order chi connectivity index (χ0) is 12.9. The second-order valence-corrected chi connectivity index (χ2v) is 4.70. The molecule has 0 heterocycles. The van der Waals surface area contributed by atoms with Gasteiger partial charge in [-0.1, -0.05) is 12.8 Å². The number of amides is 2. The number of hydrogen-bond donors (Lipinski definition) is 1. The van der Waals surface area contributed by atoms with Crippen molar-refractivity contribution in [3.63, 3.8) is 0 Å². The van der Waals surface area contributed by atoms with Gasteiger partial charge in [-0.25, -0.2) is 0 Å². The van der Waals surface area contributed by atoms with Crippen molar-refractivity contribution in [1.29, 1.82) is 5.26 Å². The van der Waals surface area contributed by atoms with E-state index < -0.39 is 5.41 Å². The van der Waals surface area contributed by atoms with Gasteiger partial charge in [-0.2, -0.15) is 5.26 Å². The largest absolute Gasteiger partial charge is 0.354 e. The maximum Gasteiger partial charge on any atom is 0.240 e. The van der Waals surface area contributed by atoms with E-state index in [9.17, 15) is 9.59 Å². The summed E-state index contributed by atoms with van der Waals surface area (Å²) in [5.74, 6) is -0.244. The Morgan fingerprint density at radius 2 is 1.94 bits per heavy atom. The fraction of sp³-hybridized carbons (Fsp3) is 0.750. The molecule has 1 fully saturated rings. The molecule has 94 valence electrons. The lowest BCUT2D eigenvalue weighted by molar-refractivity contribution is -0.129. The second kappa shape index (κ2) is 5.67. The summed E-state index contributed by atoms with van der Waals surface area (Å²) in [5, 5.41) is 11.8. The lowest BCUT2D eigenvalue weighted by Crippen LogP contribution is -2.39. The molecule has 1 aliphatic carbocycles. The molecular weight excluding hydrogens is 218 g/mol. The quantitative estimate of drug-likeness (QED) is 0.780. The van der Waals surface area contributed by atoms with Gasteiger partial charge >= 0.3 is 0 Å². The van der Waals surface area contributed by atoms with E-state index in [1.165, 1.54) is 4.90 Å². The van der Waals surface area contributed by atoms with Crippen molar-refractivity contribution >= 4 is 11.8 Å². The highest BCUT2D eigenvalue weighted by atomic mass is 16.2. The van der Waals surface area contributed by atoms with E-state index in [1.807, 2.05) is 0 Å². The smallest absolute Gasteiger partial charge is 0.240 e. The number of hydrogen-bond acceptors (Lipinski definition) is 3. The highest BCUT2D eigenvalue weighted by molar-refractivity contribution is 5.86. The Kier molecular flexibility index (Phi) is 4.50. The normalized spacial score (nSPS) is 17.2. The third kappa shape index (κ3) is 3.19. The first-order valence-electron chi connectivity index (χ1n) is 5.91. The van der Waals surface area contributed by atoms with Crippen LogP contribution in [0.3, 0.4) is 0 Å². The molecule has 2 amide bonds. The van der Waals surface area contributed by atoms with Crippen LogP contribution in [0.2, 0.25) is 0 Å². The molecule has 0 unspecified atom stereocenters. The Balaban J connectivity index is 2.40. The first kappa shape index (κ1) is 13.5. The zero-order valence-electron chi connectivity index (χ0n) is 10.5. The van der Waals surface area contributed by atoms with Crippen LogP contribution in [0.1, 0.15) is 32.1 Å². The van der Waals surface area contributed by atoms with E-state index >= 15 is 0 Å². The summed E-state index contributed by atoms with van der Waals surface area (Å²) >= 11 is 0. The van der Waals surface area contributed by atoms with Crippen LogP contribution in [-0.4, -0.2) is 37.4 Å². The predicted octanol–water partition coefficient (Wildman–Crippen LogP) is 0.665. The van der Waals surface area contributed by atoms with Crippen LogP contribution in [0.25, 0.3) is 0 Å². The summed E-state index contributed by atoms with van der Waals surface area (Å²) in [6.07, 6.45) is 3.41. The van der Waals surface area contributed by atoms with E-state index in [4.69, 9.17) is 5.26 Å². The third-order valence-corrected chi connectivity index (χ3v) is 3.23. The molecule has 0 saturated heterocycles. The SMILES string of the molecule is CN(C)C(=O)CCNC(=O)C1(C#N)CCCC1. The van der Waals surface area contributed by atoms with E-state index in [0.29, 0.717) is 19.4 Å². The van der Waals surface area contributed by atoms with Crippen LogP contribution in [0.5, 0.6) is 0 Å². The average molecular weight is 237 g/mol. The van der Waals surface area contributed by atoms with Crippen molar-refractivity contribution in [2.75, 3.05) is 20.6 Å². The minimum atomic E-state index is -0.846. The van der Waals surface area contributed by atoms with Gasteiger partial charge in [-0.15, -0.1) is 0 Å². The van der Waals surface area contributed by atoms with E-state index in [1.54, 1.807) is 14.1 Å². The Morgan fingerprint density at radius 3 is 2.41 bits per heavy atom. The van der Waals surface area contributed by atoms with Gasteiger partial charge in [0.05, 0.1) is 6.07 Å². The molecule has 0 aromatic carbocycles. The number of carbonyl (C=O) groups excluding carboxylic acids is 2. The fourth-order valence-corrected chi connectivity index (χ4v) is 2.04. The number of nitriles is 1. The molecule has 1 saturated carbocycles. The van der Waals surface area contributed by atoms with Gasteiger partial charge in [0.15, 0.2) is 0 Å². The summed E-state index contributed by atoms with van der Waals surface area (Å²) in [7, 11) is 3.36. The number of nitrogens with one attached hydrogen (secondary N) is 1. The van der Waals surface area contributed by atoms with Gasteiger partial charge in [0.25, 0.3) is 0 Å². The molecule has 1 aliphatic rings. The summed E-state index contributed by atoms with van der Waals surface area (Å²) in [6.45, 7) is 0.305. The van der Waals surface area contributed by atoms with Crippen LogP contribution in [0.4, 0.5) is 0 Å². The lowest BCUT2D eigenvalue weighted by Gasteiger charge is -2.19. The average Bonchev–Trinajstić information content (AvgIpc) is 2.78. The van der Waals surface area contributed by atoms with Gasteiger partial charge in [-0.05, 0) is 12.8 Å². The molecule has 0 atom stereocenters. The maximum atomic E-state index is 11.9. The molecule has 0 aromatic rings. The van der Waals surface area contributed by atoms with Crippen LogP contribution >= 0.6 is 0 Å². The molecule has 0 aromatic heterocycles. The molecule has 5 heteroatoms. The number of nitrogens with zero attached hydrogens (tertiary/aromatic N) is 2. The monoisotopic (exact) mass is 237 g/mol. The Hall–Kier alpha value is -1.57. The molecule has 1 rings (SSSR count). The molecule has 0 radical (unpaired) electrons. The summed E-state index contributed by atoms with van der Waals surface area (Å²) < 4.78 is 0. The van der Waals surface area contributed by atoms with Crippen LogP contribution in [-0.2, 0) is 9.59 Å². The molecule has 5 nitrogen and oxygen atoms in total. The first-order chi connectivity index (χ1) is 8.02. The number of carbonyl (C=O) groups is 2.